The molecule has 0 fully saturated rings. The molecule has 0 unspecified atom stereocenters. The molecule has 84 valence electrons. The molecule has 1 N–H and O–H groups in total. The van der Waals surface area contributed by atoms with Gasteiger partial charge in [0.25, 0.3) is 0 Å². The van der Waals surface area contributed by atoms with Crippen molar-refractivity contribution >= 4 is 27.5 Å². The number of H-pyrrole nitrogens is 1. The van der Waals surface area contributed by atoms with Gasteiger partial charge in [-0.25, -0.2) is 0 Å². The Hall–Kier alpha value is -0.800. The summed E-state index contributed by atoms with van der Waals surface area (Å²) >= 11 is 9.54. The van der Waals surface area contributed by atoms with E-state index < -0.39 is 0 Å². The van der Waals surface area contributed by atoms with Gasteiger partial charge in [-0.2, -0.15) is 5.10 Å². The fraction of sp³-hybridized carbons (Fsp3) is 0.250. The number of nitrogens with one attached hydrogen (secondary N) is 1. The highest BCUT2D eigenvalue weighted by Gasteiger charge is 2.14. The number of aromatic amines is 1. The molecule has 2 nitrogen and oxygen atoms in total. The summed E-state index contributed by atoms with van der Waals surface area (Å²) < 4.78 is 1.02. The third-order valence-corrected chi connectivity index (χ3v) is 3.45. The van der Waals surface area contributed by atoms with E-state index in [2.05, 4.69) is 40.0 Å². The summed E-state index contributed by atoms with van der Waals surface area (Å²) in [5.74, 6) is 0.412. The lowest BCUT2D eigenvalue weighted by molar-refractivity contribution is 0.807. The maximum absolute atomic E-state index is 5.96. The maximum atomic E-state index is 5.96. The van der Waals surface area contributed by atoms with E-state index in [4.69, 9.17) is 11.6 Å². The molecule has 0 saturated heterocycles. The SMILES string of the molecule is CC(C)c1[nH]nc(-c2cccc(Cl)c2)c1Br. The van der Waals surface area contributed by atoms with Crippen LogP contribution in [0, 0.1) is 0 Å². The van der Waals surface area contributed by atoms with Gasteiger partial charge in [0.15, 0.2) is 0 Å². The van der Waals surface area contributed by atoms with Gasteiger partial charge >= 0.3 is 0 Å². The van der Waals surface area contributed by atoms with Crippen LogP contribution in [0.4, 0.5) is 0 Å². The maximum Gasteiger partial charge on any atom is 0.107 e. The van der Waals surface area contributed by atoms with Crippen LogP contribution in [-0.4, -0.2) is 10.2 Å². The Morgan fingerprint density at radius 3 is 2.69 bits per heavy atom. The number of hydrogen-bond donors (Lipinski definition) is 1. The monoisotopic (exact) mass is 298 g/mol. The van der Waals surface area contributed by atoms with Crippen molar-refractivity contribution in [3.8, 4) is 11.3 Å². The van der Waals surface area contributed by atoms with Crippen LogP contribution in [0.3, 0.4) is 0 Å². The molecule has 0 saturated carbocycles. The van der Waals surface area contributed by atoms with Gasteiger partial charge in [0, 0.05) is 10.6 Å². The van der Waals surface area contributed by atoms with Gasteiger partial charge in [0.1, 0.15) is 5.69 Å². The summed E-state index contributed by atoms with van der Waals surface area (Å²) in [7, 11) is 0. The highest BCUT2D eigenvalue weighted by molar-refractivity contribution is 9.10. The highest BCUT2D eigenvalue weighted by Crippen LogP contribution is 2.33. The number of nitrogens with zero attached hydrogens (tertiary/aromatic N) is 1. The molecule has 0 atom stereocenters. The summed E-state index contributed by atoms with van der Waals surface area (Å²) in [5, 5.41) is 8.09. The van der Waals surface area contributed by atoms with E-state index in [0.29, 0.717) is 5.92 Å². The highest BCUT2D eigenvalue weighted by atomic mass is 79.9. The average Bonchev–Trinajstić information content (AvgIpc) is 2.60. The standard InChI is InChI=1S/C12H12BrClN2/c1-7(2)11-10(13)12(16-15-11)8-4-3-5-9(14)6-8/h3-7H,1-2H3,(H,15,16). The number of aromatic nitrogens is 2. The third-order valence-electron chi connectivity index (χ3n) is 2.41. The average molecular weight is 300 g/mol. The van der Waals surface area contributed by atoms with E-state index in [1.807, 2.05) is 24.3 Å². The Kier molecular flexibility index (Phi) is 3.36. The lowest BCUT2D eigenvalue weighted by Gasteiger charge is -2.02. The molecule has 0 bridgehead atoms. The Morgan fingerprint density at radius 2 is 2.12 bits per heavy atom. The molecule has 1 heterocycles. The number of rotatable bonds is 2. The van der Waals surface area contributed by atoms with Gasteiger partial charge in [0.2, 0.25) is 0 Å². The van der Waals surface area contributed by atoms with Crippen molar-refractivity contribution in [2.45, 2.75) is 19.8 Å². The first kappa shape index (κ1) is 11.7. The van der Waals surface area contributed by atoms with Crippen LogP contribution in [0.5, 0.6) is 0 Å². The molecule has 2 rings (SSSR count). The predicted octanol–water partition coefficient (Wildman–Crippen LogP) is 4.62. The van der Waals surface area contributed by atoms with E-state index in [1.54, 1.807) is 0 Å². The van der Waals surface area contributed by atoms with Crippen molar-refractivity contribution in [2.75, 3.05) is 0 Å². The summed E-state index contributed by atoms with van der Waals surface area (Å²) in [4.78, 5) is 0. The van der Waals surface area contributed by atoms with Gasteiger partial charge in [-0.1, -0.05) is 37.6 Å². The minimum absolute atomic E-state index is 0.412. The van der Waals surface area contributed by atoms with E-state index in [9.17, 15) is 0 Å². The van der Waals surface area contributed by atoms with Crippen LogP contribution in [-0.2, 0) is 0 Å². The predicted molar refractivity (Wildman–Crippen MR) is 70.8 cm³/mol. The van der Waals surface area contributed by atoms with Crippen molar-refractivity contribution in [3.63, 3.8) is 0 Å². The summed E-state index contributed by atoms with van der Waals surface area (Å²) in [6.45, 7) is 4.25. The fourth-order valence-corrected chi connectivity index (χ4v) is 2.61. The molecule has 2 aromatic rings. The largest absolute Gasteiger partial charge is 0.281 e. The molecular weight excluding hydrogens is 288 g/mol. The number of halogens is 2. The van der Waals surface area contributed by atoms with E-state index in [1.165, 1.54) is 0 Å². The van der Waals surface area contributed by atoms with Gasteiger partial charge in [-0.15, -0.1) is 0 Å². The van der Waals surface area contributed by atoms with Crippen molar-refractivity contribution in [1.82, 2.24) is 10.2 Å². The van der Waals surface area contributed by atoms with Gasteiger partial charge < -0.3 is 0 Å². The summed E-state index contributed by atoms with van der Waals surface area (Å²) in [6.07, 6.45) is 0. The van der Waals surface area contributed by atoms with E-state index >= 15 is 0 Å². The first-order valence-electron chi connectivity index (χ1n) is 5.09. The third kappa shape index (κ3) is 2.15. The molecule has 1 aromatic heterocycles. The molecule has 0 radical (unpaired) electrons. The minimum Gasteiger partial charge on any atom is -0.281 e. The molecule has 0 aliphatic rings. The van der Waals surface area contributed by atoms with Crippen LogP contribution in [0.1, 0.15) is 25.5 Å². The molecular formula is C12H12BrClN2. The topological polar surface area (TPSA) is 28.7 Å². The summed E-state index contributed by atoms with van der Waals surface area (Å²) in [5.41, 5.74) is 3.03. The molecule has 0 amide bonds. The molecule has 16 heavy (non-hydrogen) atoms. The molecule has 0 spiro atoms. The lowest BCUT2D eigenvalue weighted by atomic mass is 10.1. The number of hydrogen-bond acceptors (Lipinski definition) is 1. The van der Waals surface area contributed by atoms with E-state index in [-0.39, 0.29) is 0 Å². The fourth-order valence-electron chi connectivity index (χ4n) is 1.55. The number of benzene rings is 1. The Morgan fingerprint density at radius 1 is 1.38 bits per heavy atom. The molecule has 1 aromatic carbocycles. The zero-order valence-electron chi connectivity index (χ0n) is 9.09. The molecule has 0 aliphatic heterocycles. The van der Waals surface area contributed by atoms with Crippen LogP contribution in [0.15, 0.2) is 28.7 Å². The zero-order chi connectivity index (χ0) is 11.7. The van der Waals surface area contributed by atoms with E-state index in [0.717, 1.165) is 26.4 Å². The minimum atomic E-state index is 0.412. The lowest BCUT2D eigenvalue weighted by Crippen LogP contribution is -1.87. The van der Waals surface area contributed by atoms with Gasteiger partial charge in [-0.3, -0.25) is 5.10 Å². The Labute approximate surface area is 108 Å². The molecule has 0 aliphatic carbocycles. The Balaban J connectivity index is 2.49. The van der Waals surface area contributed by atoms with Crippen LogP contribution < -0.4 is 0 Å². The van der Waals surface area contributed by atoms with Crippen molar-refractivity contribution in [1.29, 1.82) is 0 Å². The molecule has 4 heteroatoms. The Bertz CT molecular complexity index is 505. The summed E-state index contributed by atoms with van der Waals surface area (Å²) in [6, 6.07) is 7.69. The van der Waals surface area contributed by atoms with Crippen molar-refractivity contribution in [3.05, 3.63) is 39.5 Å². The first-order valence-corrected chi connectivity index (χ1v) is 6.26. The van der Waals surface area contributed by atoms with Gasteiger partial charge in [-0.05, 0) is 34.0 Å². The smallest absolute Gasteiger partial charge is 0.107 e. The second-order valence-corrected chi connectivity index (χ2v) is 5.19. The van der Waals surface area contributed by atoms with Crippen LogP contribution >= 0.6 is 27.5 Å². The van der Waals surface area contributed by atoms with Crippen molar-refractivity contribution in [2.24, 2.45) is 0 Å². The second kappa shape index (κ2) is 4.60. The second-order valence-electron chi connectivity index (χ2n) is 3.96. The zero-order valence-corrected chi connectivity index (χ0v) is 11.4. The quantitative estimate of drug-likeness (QED) is 0.861. The van der Waals surface area contributed by atoms with Crippen molar-refractivity contribution < 1.29 is 0 Å². The van der Waals surface area contributed by atoms with Crippen LogP contribution in [0.25, 0.3) is 11.3 Å². The van der Waals surface area contributed by atoms with Crippen LogP contribution in [0.2, 0.25) is 5.02 Å². The van der Waals surface area contributed by atoms with Gasteiger partial charge in [0.05, 0.1) is 10.2 Å². The first-order chi connectivity index (χ1) is 7.59. The normalized spacial score (nSPS) is 11.1.